The van der Waals surface area contributed by atoms with Gasteiger partial charge in [0, 0.05) is 10.4 Å². The number of halogens is 1. The molecule has 1 aromatic rings. The van der Waals surface area contributed by atoms with E-state index in [1.165, 1.54) is 0 Å². The summed E-state index contributed by atoms with van der Waals surface area (Å²) in [6.07, 6.45) is 2.73. The maximum atomic E-state index is 11.5. The van der Waals surface area contributed by atoms with Gasteiger partial charge in [-0.3, -0.25) is 9.59 Å². The van der Waals surface area contributed by atoms with E-state index in [1.807, 2.05) is 0 Å². The van der Waals surface area contributed by atoms with Crippen LogP contribution in [-0.2, 0) is 15.0 Å². The van der Waals surface area contributed by atoms with Crippen molar-refractivity contribution in [1.82, 2.24) is 0 Å². The first kappa shape index (κ1) is 14.9. The van der Waals surface area contributed by atoms with Gasteiger partial charge in [-0.2, -0.15) is 0 Å². The third kappa shape index (κ3) is 2.40. The third-order valence-corrected chi connectivity index (χ3v) is 4.77. The Kier molecular flexibility index (Phi) is 4.04. The second kappa shape index (κ2) is 5.44. The molecule has 1 saturated carbocycles. The van der Waals surface area contributed by atoms with Crippen molar-refractivity contribution >= 4 is 23.5 Å². The number of hydrogen-bond acceptors (Lipinski definition) is 2. The van der Waals surface area contributed by atoms with Crippen LogP contribution in [0, 0.1) is 11.8 Å². The van der Waals surface area contributed by atoms with E-state index in [-0.39, 0.29) is 5.92 Å². The Bertz CT molecular complexity index is 507. The lowest BCUT2D eigenvalue weighted by atomic mass is 9.57. The molecule has 5 heteroatoms. The number of rotatable bonds is 5. The predicted octanol–water partition coefficient (Wildman–Crippen LogP) is 3.18. The first-order chi connectivity index (χ1) is 9.37. The molecule has 0 saturated heterocycles. The molecule has 2 rings (SSSR count). The molecule has 1 aliphatic carbocycles. The summed E-state index contributed by atoms with van der Waals surface area (Å²) in [6.45, 7) is 1.74. The van der Waals surface area contributed by atoms with Crippen LogP contribution in [0.3, 0.4) is 0 Å². The summed E-state index contributed by atoms with van der Waals surface area (Å²) in [4.78, 5) is 22.9. The molecule has 0 amide bonds. The molecule has 2 N–H and O–H groups in total. The summed E-state index contributed by atoms with van der Waals surface area (Å²) in [5.41, 5.74) is -0.193. The minimum Gasteiger partial charge on any atom is -0.481 e. The second-order valence-corrected chi connectivity index (χ2v) is 5.96. The van der Waals surface area contributed by atoms with Gasteiger partial charge in [0.15, 0.2) is 5.92 Å². The molecule has 0 bridgehead atoms. The highest BCUT2D eigenvalue weighted by Gasteiger charge is 2.52. The van der Waals surface area contributed by atoms with E-state index >= 15 is 0 Å². The van der Waals surface area contributed by atoms with Crippen LogP contribution in [0.4, 0.5) is 0 Å². The SMILES string of the molecule is CC(c1ccc(Cl)cc1)(C1CCC1)C(C(=O)O)C(=O)O. The van der Waals surface area contributed by atoms with E-state index in [0.29, 0.717) is 5.02 Å². The van der Waals surface area contributed by atoms with Crippen molar-refractivity contribution in [2.75, 3.05) is 0 Å². The van der Waals surface area contributed by atoms with Crippen molar-refractivity contribution < 1.29 is 19.8 Å². The van der Waals surface area contributed by atoms with Gasteiger partial charge in [-0.1, -0.05) is 37.1 Å². The first-order valence-corrected chi connectivity index (χ1v) is 6.96. The van der Waals surface area contributed by atoms with Crippen LogP contribution >= 0.6 is 11.6 Å². The summed E-state index contributed by atoms with van der Waals surface area (Å²) in [6, 6.07) is 6.82. The molecule has 1 aromatic carbocycles. The van der Waals surface area contributed by atoms with Crippen molar-refractivity contribution in [3.8, 4) is 0 Å². The normalized spacial score (nSPS) is 18.4. The van der Waals surface area contributed by atoms with Crippen molar-refractivity contribution in [2.24, 2.45) is 11.8 Å². The molecule has 1 aliphatic rings. The van der Waals surface area contributed by atoms with Crippen LogP contribution in [0.15, 0.2) is 24.3 Å². The van der Waals surface area contributed by atoms with E-state index in [0.717, 1.165) is 24.8 Å². The highest BCUT2D eigenvalue weighted by molar-refractivity contribution is 6.30. The Morgan fingerprint density at radius 2 is 1.70 bits per heavy atom. The Labute approximate surface area is 122 Å². The van der Waals surface area contributed by atoms with Gasteiger partial charge in [0.05, 0.1) is 0 Å². The Morgan fingerprint density at radius 3 is 2.05 bits per heavy atom. The van der Waals surface area contributed by atoms with Gasteiger partial charge in [0.25, 0.3) is 0 Å². The Balaban J connectivity index is 2.51. The average Bonchev–Trinajstić information content (AvgIpc) is 2.25. The summed E-state index contributed by atoms with van der Waals surface area (Å²) in [5.74, 6) is -3.96. The fraction of sp³-hybridized carbons (Fsp3) is 0.467. The minimum absolute atomic E-state index is 0.0703. The second-order valence-electron chi connectivity index (χ2n) is 5.53. The van der Waals surface area contributed by atoms with E-state index < -0.39 is 23.3 Å². The molecular weight excluding hydrogens is 280 g/mol. The number of carboxylic acids is 2. The van der Waals surface area contributed by atoms with E-state index in [4.69, 9.17) is 11.6 Å². The maximum Gasteiger partial charge on any atom is 0.318 e. The number of aliphatic carboxylic acids is 2. The number of carbonyl (C=O) groups is 2. The molecule has 0 heterocycles. The molecule has 1 atom stereocenters. The molecule has 4 nitrogen and oxygen atoms in total. The smallest absolute Gasteiger partial charge is 0.318 e. The van der Waals surface area contributed by atoms with Gasteiger partial charge in [0.2, 0.25) is 0 Å². The summed E-state index contributed by atoms with van der Waals surface area (Å²) >= 11 is 5.86. The zero-order valence-corrected chi connectivity index (χ0v) is 11.9. The predicted molar refractivity (Wildman–Crippen MR) is 74.9 cm³/mol. The van der Waals surface area contributed by atoms with Gasteiger partial charge < -0.3 is 10.2 Å². The van der Waals surface area contributed by atoms with Crippen LogP contribution in [0.1, 0.15) is 31.7 Å². The van der Waals surface area contributed by atoms with Crippen LogP contribution in [-0.4, -0.2) is 22.2 Å². The van der Waals surface area contributed by atoms with Crippen LogP contribution < -0.4 is 0 Å². The van der Waals surface area contributed by atoms with Crippen LogP contribution in [0.5, 0.6) is 0 Å². The molecule has 108 valence electrons. The largest absolute Gasteiger partial charge is 0.481 e. The van der Waals surface area contributed by atoms with Crippen LogP contribution in [0.2, 0.25) is 5.02 Å². The lowest BCUT2D eigenvalue weighted by Crippen LogP contribution is -2.49. The zero-order chi connectivity index (χ0) is 14.9. The van der Waals surface area contributed by atoms with Gasteiger partial charge in [-0.15, -0.1) is 0 Å². The highest BCUT2D eigenvalue weighted by atomic mass is 35.5. The fourth-order valence-corrected chi connectivity index (χ4v) is 3.20. The average molecular weight is 297 g/mol. The number of hydrogen-bond donors (Lipinski definition) is 2. The highest BCUT2D eigenvalue weighted by Crippen LogP contribution is 2.49. The lowest BCUT2D eigenvalue weighted by Gasteiger charge is -2.45. The van der Waals surface area contributed by atoms with Crippen molar-refractivity contribution in [1.29, 1.82) is 0 Å². The van der Waals surface area contributed by atoms with E-state index in [1.54, 1.807) is 31.2 Å². The van der Waals surface area contributed by atoms with E-state index in [9.17, 15) is 19.8 Å². The Morgan fingerprint density at radius 1 is 1.20 bits per heavy atom. The maximum absolute atomic E-state index is 11.5. The zero-order valence-electron chi connectivity index (χ0n) is 11.2. The monoisotopic (exact) mass is 296 g/mol. The Hall–Kier alpha value is -1.55. The van der Waals surface area contributed by atoms with Crippen molar-refractivity contribution in [3.63, 3.8) is 0 Å². The molecule has 0 radical (unpaired) electrons. The van der Waals surface area contributed by atoms with Crippen molar-refractivity contribution in [3.05, 3.63) is 34.9 Å². The molecule has 1 unspecified atom stereocenters. The van der Waals surface area contributed by atoms with Gasteiger partial charge in [-0.05, 0) is 36.5 Å². The quantitative estimate of drug-likeness (QED) is 0.818. The lowest BCUT2D eigenvalue weighted by molar-refractivity contribution is -0.160. The first-order valence-electron chi connectivity index (χ1n) is 6.59. The van der Waals surface area contributed by atoms with Gasteiger partial charge in [0.1, 0.15) is 0 Å². The molecule has 0 aromatic heterocycles. The summed E-state index contributed by atoms with van der Waals surface area (Å²) < 4.78 is 0. The summed E-state index contributed by atoms with van der Waals surface area (Å²) in [5, 5.41) is 19.3. The van der Waals surface area contributed by atoms with Gasteiger partial charge >= 0.3 is 11.9 Å². The molecule has 0 spiro atoms. The molecule has 20 heavy (non-hydrogen) atoms. The molecular formula is C15H17ClO4. The van der Waals surface area contributed by atoms with Crippen LogP contribution in [0.25, 0.3) is 0 Å². The topological polar surface area (TPSA) is 74.6 Å². The summed E-state index contributed by atoms with van der Waals surface area (Å²) in [7, 11) is 0. The number of benzene rings is 1. The van der Waals surface area contributed by atoms with E-state index in [2.05, 4.69) is 0 Å². The number of carboxylic acid groups (broad SMARTS) is 2. The minimum atomic E-state index is -1.45. The molecule has 0 aliphatic heterocycles. The third-order valence-electron chi connectivity index (χ3n) is 4.51. The standard InChI is InChI=1S/C15H17ClO4/c1-15(9-3-2-4-9,12(13(17)18)14(19)20)10-5-7-11(16)8-6-10/h5-9,12H,2-4H2,1H3,(H,17,18)(H,19,20). The van der Waals surface area contributed by atoms with Gasteiger partial charge in [-0.25, -0.2) is 0 Å². The van der Waals surface area contributed by atoms with Crippen molar-refractivity contribution in [2.45, 2.75) is 31.6 Å². The fourth-order valence-electron chi connectivity index (χ4n) is 3.07. The molecule has 1 fully saturated rings.